The van der Waals surface area contributed by atoms with Gasteiger partial charge >= 0.3 is 11.9 Å². The van der Waals surface area contributed by atoms with Crippen LogP contribution in [-0.4, -0.2) is 38.1 Å². The van der Waals surface area contributed by atoms with Crippen molar-refractivity contribution in [2.24, 2.45) is 5.92 Å². The van der Waals surface area contributed by atoms with E-state index in [1.807, 2.05) is 0 Å². The second-order valence-corrected chi connectivity index (χ2v) is 3.68. The van der Waals surface area contributed by atoms with Crippen LogP contribution < -0.4 is 5.32 Å². The molecule has 0 saturated heterocycles. The number of hydrogen-bond donors (Lipinski definition) is 1. The van der Waals surface area contributed by atoms with Gasteiger partial charge in [-0.25, -0.2) is 9.59 Å². The van der Waals surface area contributed by atoms with Crippen LogP contribution in [0.3, 0.4) is 0 Å². The van der Waals surface area contributed by atoms with Crippen molar-refractivity contribution < 1.29 is 23.9 Å². The summed E-state index contributed by atoms with van der Waals surface area (Å²) >= 11 is 0. The molecule has 1 amide bonds. The van der Waals surface area contributed by atoms with Crippen LogP contribution in [0.25, 0.3) is 0 Å². The number of methoxy groups -OCH3 is 2. The summed E-state index contributed by atoms with van der Waals surface area (Å²) < 4.78 is 9.19. The maximum Gasteiger partial charge on any atom is 0.336 e. The molecular weight excluding hydrogens is 226 g/mol. The molecule has 0 radical (unpaired) electrons. The van der Waals surface area contributed by atoms with Gasteiger partial charge < -0.3 is 14.8 Å². The Kier molecular flexibility index (Phi) is 2.71. The van der Waals surface area contributed by atoms with Crippen LogP contribution in [0.5, 0.6) is 0 Å². The van der Waals surface area contributed by atoms with E-state index in [0.29, 0.717) is 0 Å². The second kappa shape index (κ2) is 4.04. The number of amides is 1. The summed E-state index contributed by atoms with van der Waals surface area (Å²) in [5, 5.41) is 2.60. The standard InChI is InChI=1S/C11H11NO5/c1-16-10(14)7-5-3-4-6(13)12-9(5)8(7)11(15)17-2/h3-5,9H,1-2H3,(H,12,13). The molecule has 2 aliphatic rings. The van der Waals surface area contributed by atoms with Gasteiger partial charge in [-0.05, 0) is 6.08 Å². The summed E-state index contributed by atoms with van der Waals surface area (Å²) in [6.07, 6.45) is 2.92. The van der Waals surface area contributed by atoms with E-state index in [0.717, 1.165) is 0 Å². The van der Waals surface area contributed by atoms with E-state index in [9.17, 15) is 14.4 Å². The van der Waals surface area contributed by atoms with Crippen molar-refractivity contribution in [1.29, 1.82) is 0 Å². The van der Waals surface area contributed by atoms with E-state index in [1.165, 1.54) is 20.3 Å². The van der Waals surface area contributed by atoms with Crippen LogP contribution in [0.1, 0.15) is 0 Å². The van der Waals surface area contributed by atoms with E-state index < -0.39 is 18.0 Å². The number of fused-ring (bicyclic) bond motifs is 1. The number of esters is 2. The first-order valence-corrected chi connectivity index (χ1v) is 4.99. The Labute approximate surface area is 97.3 Å². The lowest BCUT2D eigenvalue weighted by Gasteiger charge is -2.39. The third-order valence-electron chi connectivity index (χ3n) is 2.86. The average Bonchev–Trinajstić information content (AvgIpc) is 2.31. The molecule has 0 aromatic rings. The second-order valence-electron chi connectivity index (χ2n) is 3.68. The predicted molar refractivity (Wildman–Crippen MR) is 55.6 cm³/mol. The Balaban J connectivity index is 2.39. The SMILES string of the molecule is COC(=O)C1=C(C(=O)OC)C2NC(=O)C=CC12. The molecule has 1 N–H and O–H groups in total. The van der Waals surface area contributed by atoms with E-state index in [2.05, 4.69) is 14.8 Å². The molecule has 0 spiro atoms. The van der Waals surface area contributed by atoms with Crippen LogP contribution in [0.4, 0.5) is 0 Å². The lowest BCUT2D eigenvalue weighted by Crippen LogP contribution is -2.54. The summed E-state index contributed by atoms with van der Waals surface area (Å²) in [6.45, 7) is 0. The summed E-state index contributed by atoms with van der Waals surface area (Å²) in [4.78, 5) is 34.2. The largest absolute Gasteiger partial charge is 0.466 e. The average molecular weight is 237 g/mol. The fourth-order valence-electron chi connectivity index (χ4n) is 2.06. The Hall–Kier alpha value is -2.11. The number of carbonyl (C=O) groups is 3. The highest BCUT2D eigenvalue weighted by Crippen LogP contribution is 2.39. The van der Waals surface area contributed by atoms with Crippen LogP contribution in [0.15, 0.2) is 23.3 Å². The number of carbonyl (C=O) groups excluding carboxylic acids is 3. The zero-order valence-electron chi connectivity index (χ0n) is 9.35. The molecule has 0 saturated carbocycles. The molecule has 17 heavy (non-hydrogen) atoms. The number of hydrogen-bond acceptors (Lipinski definition) is 5. The monoisotopic (exact) mass is 237 g/mol. The van der Waals surface area contributed by atoms with Crippen LogP contribution in [0, 0.1) is 5.92 Å². The van der Waals surface area contributed by atoms with Crippen LogP contribution in [0.2, 0.25) is 0 Å². The molecule has 0 bridgehead atoms. The molecule has 0 aromatic heterocycles. The molecule has 1 aliphatic carbocycles. The maximum atomic E-state index is 11.5. The van der Waals surface area contributed by atoms with Gasteiger partial charge in [-0.1, -0.05) is 6.08 Å². The summed E-state index contributed by atoms with van der Waals surface area (Å²) in [7, 11) is 2.46. The molecule has 0 aromatic carbocycles. The minimum absolute atomic E-state index is 0.169. The Morgan fingerprint density at radius 1 is 1.18 bits per heavy atom. The molecule has 2 rings (SSSR count). The topological polar surface area (TPSA) is 81.7 Å². The molecular formula is C11H11NO5. The lowest BCUT2D eigenvalue weighted by molar-refractivity contribution is -0.142. The zero-order valence-corrected chi connectivity index (χ0v) is 9.35. The molecule has 6 heteroatoms. The summed E-state index contributed by atoms with van der Waals surface area (Å²) in [5.74, 6) is -1.81. The molecule has 1 aliphatic heterocycles. The summed E-state index contributed by atoms with van der Waals surface area (Å²) in [5.41, 5.74) is 0.419. The van der Waals surface area contributed by atoms with Gasteiger partial charge in [-0.15, -0.1) is 0 Å². The van der Waals surface area contributed by atoms with Crippen molar-refractivity contribution in [3.05, 3.63) is 23.3 Å². The number of nitrogens with one attached hydrogen (secondary N) is 1. The van der Waals surface area contributed by atoms with Crippen molar-refractivity contribution in [2.45, 2.75) is 6.04 Å². The highest BCUT2D eigenvalue weighted by atomic mass is 16.5. The summed E-state index contributed by atoms with van der Waals surface area (Å²) in [6, 6.07) is -0.492. The normalized spacial score (nSPS) is 25.6. The zero-order chi connectivity index (χ0) is 12.6. The minimum Gasteiger partial charge on any atom is -0.466 e. The van der Waals surface area contributed by atoms with E-state index in [1.54, 1.807) is 6.08 Å². The van der Waals surface area contributed by atoms with Crippen molar-refractivity contribution in [2.75, 3.05) is 14.2 Å². The van der Waals surface area contributed by atoms with Gasteiger partial charge in [-0.3, -0.25) is 4.79 Å². The van der Waals surface area contributed by atoms with Gasteiger partial charge in [0.05, 0.1) is 31.4 Å². The van der Waals surface area contributed by atoms with Crippen molar-refractivity contribution >= 4 is 17.8 Å². The Morgan fingerprint density at radius 3 is 2.35 bits per heavy atom. The molecule has 2 atom stereocenters. The van der Waals surface area contributed by atoms with Gasteiger partial charge in [0.25, 0.3) is 0 Å². The molecule has 1 heterocycles. The fourth-order valence-corrected chi connectivity index (χ4v) is 2.06. The third kappa shape index (κ3) is 1.61. The lowest BCUT2D eigenvalue weighted by atomic mass is 9.71. The van der Waals surface area contributed by atoms with E-state index in [4.69, 9.17) is 0 Å². The first kappa shape index (κ1) is 11.4. The van der Waals surface area contributed by atoms with Crippen molar-refractivity contribution in [3.8, 4) is 0 Å². The highest BCUT2D eigenvalue weighted by molar-refractivity contribution is 6.07. The van der Waals surface area contributed by atoms with Crippen LogP contribution >= 0.6 is 0 Å². The first-order valence-electron chi connectivity index (χ1n) is 4.99. The van der Waals surface area contributed by atoms with Crippen LogP contribution in [-0.2, 0) is 23.9 Å². The van der Waals surface area contributed by atoms with Gasteiger partial charge in [0.15, 0.2) is 0 Å². The Morgan fingerprint density at radius 2 is 1.76 bits per heavy atom. The number of ether oxygens (including phenoxy) is 2. The highest BCUT2D eigenvalue weighted by Gasteiger charge is 2.48. The van der Waals surface area contributed by atoms with Gasteiger partial charge in [-0.2, -0.15) is 0 Å². The van der Waals surface area contributed by atoms with Crippen molar-refractivity contribution in [1.82, 2.24) is 5.32 Å². The minimum atomic E-state index is -0.623. The predicted octanol–water partition coefficient (Wildman–Crippen LogP) is -0.687. The Bertz CT molecular complexity index is 462. The third-order valence-corrected chi connectivity index (χ3v) is 2.86. The maximum absolute atomic E-state index is 11.5. The molecule has 90 valence electrons. The molecule has 6 nitrogen and oxygen atoms in total. The molecule has 0 fully saturated rings. The molecule has 2 unspecified atom stereocenters. The smallest absolute Gasteiger partial charge is 0.336 e. The first-order chi connectivity index (χ1) is 8.10. The van der Waals surface area contributed by atoms with Gasteiger partial charge in [0, 0.05) is 5.92 Å². The van der Waals surface area contributed by atoms with E-state index >= 15 is 0 Å². The quantitative estimate of drug-likeness (QED) is 0.643. The number of rotatable bonds is 2. The van der Waals surface area contributed by atoms with Crippen molar-refractivity contribution in [3.63, 3.8) is 0 Å². The fraction of sp³-hybridized carbons (Fsp3) is 0.364. The van der Waals surface area contributed by atoms with E-state index in [-0.39, 0.29) is 23.0 Å². The van der Waals surface area contributed by atoms with Gasteiger partial charge in [0.2, 0.25) is 5.91 Å². The van der Waals surface area contributed by atoms with Gasteiger partial charge in [0.1, 0.15) is 0 Å².